The Morgan fingerprint density at radius 1 is 1.00 bits per heavy atom. The van der Waals surface area contributed by atoms with Crippen molar-refractivity contribution < 1.29 is 37.1 Å². The predicted octanol–water partition coefficient (Wildman–Crippen LogP) is 3.64. The van der Waals surface area contributed by atoms with Gasteiger partial charge >= 0.3 is 11.7 Å². The molecule has 0 fully saturated rings. The van der Waals surface area contributed by atoms with E-state index in [2.05, 4.69) is 4.74 Å². The molecule has 0 aliphatic rings. The zero-order valence-electron chi connectivity index (χ0n) is 10.8. The zero-order chi connectivity index (χ0) is 17.3. The summed E-state index contributed by atoms with van der Waals surface area (Å²) in [5, 5.41) is 19.1. The maximum absolute atomic E-state index is 13.7. The van der Waals surface area contributed by atoms with Crippen LogP contribution in [0.25, 0.3) is 0 Å². The van der Waals surface area contributed by atoms with E-state index >= 15 is 0 Å². The van der Waals surface area contributed by atoms with Gasteiger partial charge in [0.1, 0.15) is 5.75 Å². The molecule has 10 heteroatoms. The van der Waals surface area contributed by atoms with Gasteiger partial charge in [-0.15, -0.1) is 0 Å². The van der Waals surface area contributed by atoms with Gasteiger partial charge in [0, 0.05) is 0 Å². The van der Waals surface area contributed by atoms with Crippen molar-refractivity contribution in [1.29, 1.82) is 0 Å². The lowest BCUT2D eigenvalue weighted by atomic mass is 10.2. The molecule has 0 saturated carbocycles. The van der Waals surface area contributed by atoms with E-state index in [1.54, 1.807) is 0 Å². The van der Waals surface area contributed by atoms with Crippen LogP contribution in [-0.2, 0) is 0 Å². The van der Waals surface area contributed by atoms with E-state index in [4.69, 9.17) is 5.11 Å². The minimum atomic E-state index is -2.22. The number of rotatable bonds is 4. The van der Waals surface area contributed by atoms with Crippen molar-refractivity contribution in [2.24, 2.45) is 0 Å². The second-order valence-corrected chi connectivity index (χ2v) is 4.12. The normalized spacial score (nSPS) is 10.4. The molecular formula is C13H5F4NO5. The molecule has 0 heterocycles. The monoisotopic (exact) mass is 331 g/mol. The Morgan fingerprint density at radius 2 is 1.48 bits per heavy atom. The number of benzene rings is 2. The number of carboxylic acid groups (broad SMARTS) is 1. The summed E-state index contributed by atoms with van der Waals surface area (Å²) in [6, 6.07) is 4.01. The summed E-state index contributed by atoms with van der Waals surface area (Å²) < 4.78 is 58.8. The number of nitrogens with zero attached hydrogens (tertiary/aromatic N) is 1. The third-order valence-corrected chi connectivity index (χ3v) is 2.70. The Balaban J connectivity index is 2.48. The number of aromatic carboxylic acids is 1. The Bertz CT molecular complexity index is 778. The Labute approximate surface area is 124 Å². The molecule has 0 aliphatic carbocycles. The van der Waals surface area contributed by atoms with Crippen molar-refractivity contribution in [1.82, 2.24) is 0 Å². The molecule has 0 spiro atoms. The number of ether oxygens (including phenoxy) is 1. The van der Waals surface area contributed by atoms with Crippen LogP contribution >= 0.6 is 0 Å². The topological polar surface area (TPSA) is 89.7 Å². The minimum Gasteiger partial charge on any atom is -0.478 e. The average Bonchev–Trinajstić information content (AvgIpc) is 2.50. The third kappa shape index (κ3) is 2.91. The van der Waals surface area contributed by atoms with Crippen molar-refractivity contribution in [3.05, 3.63) is 63.2 Å². The molecule has 0 unspecified atom stereocenters. The van der Waals surface area contributed by atoms with Gasteiger partial charge < -0.3 is 9.84 Å². The summed E-state index contributed by atoms with van der Waals surface area (Å²) >= 11 is 0. The summed E-state index contributed by atoms with van der Waals surface area (Å²) in [5.74, 6) is -11.7. The molecule has 2 aromatic rings. The van der Waals surface area contributed by atoms with Crippen LogP contribution in [0, 0.1) is 33.4 Å². The van der Waals surface area contributed by atoms with Gasteiger partial charge in [0.05, 0.1) is 10.5 Å². The van der Waals surface area contributed by atoms with Crippen LogP contribution in [0.15, 0.2) is 24.3 Å². The lowest BCUT2D eigenvalue weighted by molar-refractivity contribution is -0.390. The van der Waals surface area contributed by atoms with Crippen LogP contribution in [0.2, 0.25) is 0 Å². The fourth-order valence-electron chi connectivity index (χ4n) is 1.63. The summed E-state index contributed by atoms with van der Waals surface area (Å²) in [6.45, 7) is 0. The predicted molar refractivity (Wildman–Crippen MR) is 66.4 cm³/mol. The van der Waals surface area contributed by atoms with Gasteiger partial charge in [-0.3, -0.25) is 10.1 Å². The standard InChI is InChI=1S/C13H5F4NO5/c14-7-9(16)12(10(17)8(15)11(7)18(21)22)23-6-3-1-5(2-4-6)13(19)20/h1-4H,(H,19,20). The lowest BCUT2D eigenvalue weighted by Gasteiger charge is -2.09. The van der Waals surface area contributed by atoms with Gasteiger partial charge in [0.2, 0.25) is 29.0 Å². The van der Waals surface area contributed by atoms with E-state index in [0.29, 0.717) is 0 Å². The molecule has 0 saturated heterocycles. The third-order valence-electron chi connectivity index (χ3n) is 2.70. The van der Waals surface area contributed by atoms with E-state index in [1.165, 1.54) is 0 Å². The van der Waals surface area contributed by atoms with Crippen LogP contribution in [0.3, 0.4) is 0 Å². The molecule has 0 bridgehead atoms. The molecule has 1 N–H and O–H groups in total. The van der Waals surface area contributed by atoms with Crippen molar-refractivity contribution >= 4 is 11.7 Å². The minimum absolute atomic E-state index is 0.167. The average molecular weight is 331 g/mol. The molecule has 0 radical (unpaired) electrons. The van der Waals surface area contributed by atoms with Crippen molar-refractivity contribution in [2.75, 3.05) is 0 Å². The summed E-state index contributed by atoms with van der Waals surface area (Å²) in [4.78, 5) is 19.5. The van der Waals surface area contributed by atoms with Crippen molar-refractivity contribution in [2.45, 2.75) is 0 Å². The highest BCUT2D eigenvalue weighted by atomic mass is 19.2. The maximum Gasteiger partial charge on any atom is 0.346 e. The van der Waals surface area contributed by atoms with Crippen LogP contribution in [0.4, 0.5) is 23.2 Å². The van der Waals surface area contributed by atoms with E-state index in [-0.39, 0.29) is 11.3 Å². The van der Waals surface area contributed by atoms with Gasteiger partial charge in [0.15, 0.2) is 0 Å². The molecule has 2 rings (SSSR count). The molecule has 6 nitrogen and oxygen atoms in total. The highest BCUT2D eigenvalue weighted by Crippen LogP contribution is 2.36. The lowest BCUT2D eigenvalue weighted by Crippen LogP contribution is -2.06. The molecule has 120 valence electrons. The van der Waals surface area contributed by atoms with E-state index in [0.717, 1.165) is 24.3 Å². The maximum atomic E-state index is 13.7. The molecular weight excluding hydrogens is 326 g/mol. The van der Waals surface area contributed by atoms with Crippen molar-refractivity contribution in [3.63, 3.8) is 0 Å². The summed E-state index contributed by atoms with van der Waals surface area (Å²) in [6.07, 6.45) is 0. The molecule has 0 atom stereocenters. The first-order chi connectivity index (χ1) is 10.7. The SMILES string of the molecule is O=C(O)c1ccc(Oc2c(F)c(F)c([N+](=O)[O-])c(F)c2F)cc1. The molecule has 0 amide bonds. The van der Waals surface area contributed by atoms with Crippen LogP contribution in [0.1, 0.15) is 10.4 Å². The number of nitro groups is 1. The highest BCUT2D eigenvalue weighted by molar-refractivity contribution is 5.87. The fraction of sp³-hybridized carbons (Fsp3) is 0. The largest absolute Gasteiger partial charge is 0.478 e. The van der Waals surface area contributed by atoms with E-state index < -0.39 is 45.6 Å². The smallest absolute Gasteiger partial charge is 0.346 e. The number of carbonyl (C=O) groups is 1. The fourth-order valence-corrected chi connectivity index (χ4v) is 1.63. The quantitative estimate of drug-likeness (QED) is 0.400. The molecule has 0 aromatic heterocycles. The summed E-state index contributed by atoms with van der Waals surface area (Å²) in [7, 11) is 0. The number of nitro benzene ring substituents is 1. The van der Waals surface area contributed by atoms with Gasteiger partial charge in [-0.1, -0.05) is 0 Å². The molecule has 23 heavy (non-hydrogen) atoms. The van der Waals surface area contributed by atoms with E-state index in [1.807, 2.05) is 0 Å². The van der Waals surface area contributed by atoms with Crippen LogP contribution in [-0.4, -0.2) is 16.0 Å². The van der Waals surface area contributed by atoms with Crippen molar-refractivity contribution in [3.8, 4) is 11.5 Å². The Morgan fingerprint density at radius 3 is 1.87 bits per heavy atom. The van der Waals surface area contributed by atoms with Gasteiger partial charge in [-0.25, -0.2) is 4.79 Å². The second kappa shape index (κ2) is 5.91. The number of carboxylic acids is 1. The van der Waals surface area contributed by atoms with Gasteiger partial charge in [-0.2, -0.15) is 17.6 Å². The second-order valence-electron chi connectivity index (χ2n) is 4.12. The zero-order valence-corrected chi connectivity index (χ0v) is 10.8. The number of hydrogen-bond acceptors (Lipinski definition) is 4. The Kier molecular flexibility index (Phi) is 4.16. The Hall–Kier alpha value is -3.17. The number of halogens is 4. The van der Waals surface area contributed by atoms with E-state index in [9.17, 15) is 32.5 Å². The van der Waals surface area contributed by atoms with Crippen LogP contribution in [0.5, 0.6) is 11.5 Å². The number of hydrogen-bond donors (Lipinski definition) is 1. The van der Waals surface area contributed by atoms with Gasteiger partial charge in [-0.05, 0) is 24.3 Å². The highest BCUT2D eigenvalue weighted by Gasteiger charge is 2.34. The van der Waals surface area contributed by atoms with Gasteiger partial charge in [0.25, 0.3) is 0 Å². The summed E-state index contributed by atoms with van der Waals surface area (Å²) in [5.41, 5.74) is -2.15. The first-order valence-electron chi connectivity index (χ1n) is 5.75. The first kappa shape index (κ1) is 16.2. The molecule has 2 aromatic carbocycles. The molecule has 0 aliphatic heterocycles. The van der Waals surface area contributed by atoms with Crippen LogP contribution < -0.4 is 4.74 Å². The first-order valence-corrected chi connectivity index (χ1v) is 5.75.